The van der Waals surface area contributed by atoms with Gasteiger partial charge in [-0.15, -0.1) is 0 Å². The minimum absolute atomic E-state index is 0.00927. The standard InChI is InChI=1S/C50H75NO7/c1-6-8-10-12-14-16-18-20-22-23-24-25-27-28-30-32-34-36-38-40-48(52)57-45-46(44-56-43-42-47(50(54)55)51(3,4)5)58-49(53)41-39-37-35-33-31-29-26-21-19-17-15-13-11-9-7-2/h8-11,13-17,19-22,24-26,28-31,34,36,46-47H,6-7,12,18,23,27,32-33,35,37-45H2,1-5H3/p+1/b10-8+,11-9+,15-13+,16-14+,19-17+,22-20+,25-24+,26-21+,30-28+,31-29+,36-34+. The number of aliphatic carboxylic acids is 1. The lowest BCUT2D eigenvalue weighted by Gasteiger charge is -2.31. The number of nitrogens with zero attached hydrogens (tertiary/aromatic N) is 1. The average Bonchev–Trinajstić information content (AvgIpc) is 3.18. The summed E-state index contributed by atoms with van der Waals surface area (Å²) in [4.78, 5) is 36.9. The van der Waals surface area contributed by atoms with E-state index in [1.54, 1.807) is 0 Å². The third-order valence-corrected chi connectivity index (χ3v) is 8.44. The van der Waals surface area contributed by atoms with E-state index >= 15 is 0 Å². The Morgan fingerprint density at radius 2 is 1.03 bits per heavy atom. The third-order valence-electron chi connectivity index (χ3n) is 8.44. The first kappa shape index (κ1) is 53.5. The number of hydrogen-bond acceptors (Lipinski definition) is 6. The van der Waals surface area contributed by atoms with Gasteiger partial charge in [0.05, 0.1) is 34.4 Å². The van der Waals surface area contributed by atoms with Crippen molar-refractivity contribution in [1.82, 2.24) is 0 Å². The normalized spacial score (nSPS) is 14.3. The Morgan fingerprint density at radius 3 is 1.55 bits per heavy atom. The Hall–Kier alpha value is -4.53. The van der Waals surface area contributed by atoms with Crippen molar-refractivity contribution in [2.24, 2.45) is 0 Å². The summed E-state index contributed by atoms with van der Waals surface area (Å²) in [5.41, 5.74) is 0. The number of unbranched alkanes of at least 4 members (excludes halogenated alkanes) is 3. The van der Waals surface area contributed by atoms with E-state index in [2.05, 4.69) is 86.8 Å². The highest BCUT2D eigenvalue weighted by molar-refractivity contribution is 5.72. The van der Waals surface area contributed by atoms with Crippen molar-refractivity contribution in [1.29, 1.82) is 0 Å². The molecule has 2 unspecified atom stereocenters. The molecule has 0 spiro atoms. The zero-order valence-electron chi connectivity index (χ0n) is 36.4. The van der Waals surface area contributed by atoms with Crippen molar-refractivity contribution in [3.8, 4) is 0 Å². The maximum atomic E-state index is 12.7. The van der Waals surface area contributed by atoms with Crippen LogP contribution in [0, 0.1) is 0 Å². The van der Waals surface area contributed by atoms with Gasteiger partial charge in [0.15, 0.2) is 12.1 Å². The smallest absolute Gasteiger partial charge is 0.362 e. The minimum Gasteiger partial charge on any atom is -0.477 e. The van der Waals surface area contributed by atoms with Gasteiger partial charge in [0.1, 0.15) is 6.61 Å². The molecule has 0 aromatic carbocycles. The predicted octanol–water partition coefficient (Wildman–Crippen LogP) is 11.6. The molecule has 0 rings (SSSR count). The van der Waals surface area contributed by atoms with Crippen molar-refractivity contribution >= 4 is 17.9 Å². The zero-order chi connectivity index (χ0) is 42.8. The Morgan fingerprint density at radius 1 is 0.534 bits per heavy atom. The Balaban J connectivity index is 4.60. The molecule has 8 nitrogen and oxygen atoms in total. The first-order valence-electron chi connectivity index (χ1n) is 21.3. The fourth-order valence-corrected chi connectivity index (χ4v) is 5.19. The number of hydrogen-bond donors (Lipinski definition) is 1. The van der Waals surface area contributed by atoms with Crippen molar-refractivity contribution in [2.45, 2.75) is 122 Å². The maximum Gasteiger partial charge on any atom is 0.362 e. The van der Waals surface area contributed by atoms with Crippen LogP contribution >= 0.6 is 0 Å². The molecular formula is C50H76NO7+. The molecule has 0 heterocycles. The molecule has 0 amide bonds. The van der Waals surface area contributed by atoms with Crippen LogP contribution in [0.5, 0.6) is 0 Å². The number of carbonyl (C=O) groups is 3. The number of ether oxygens (including phenoxy) is 3. The molecule has 0 aromatic rings. The topological polar surface area (TPSA) is 99.1 Å². The first-order chi connectivity index (χ1) is 28.1. The SMILES string of the molecule is CC/C=C/C=C/C=C/C=C/C=C/CCCCCC(=O)OC(COCCC(C(=O)O)[N+](C)(C)C)COC(=O)CC/C=C/C/C=C/C/C=C/C/C=C/C/C=C/C/C=C/CC. The molecule has 0 aliphatic rings. The van der Waals surface area contributed by atoms with Crippen LogP contribution in [0.3, 0.4) is 0 Å². The number of carboxylic acids is 1. The Labute approximate surface area is 352 Å². The molecule has 1 N–H and O–H groups in total. The molecule has 58 heavy (non-hydrogen) atoms. The number of rotatable bonds is 35. The summed E-state index contributed by atoms with van der Waals surface area (Å²) >= 11 is 0. The van der Waals surface area contributed by atoms with Crippen molar-refractivity contribution in [3.05, 3.63) is 134 Å². The van der Waals surface area contributed by atoms with Crippen LogP contribution in [0.15, 0.2) is 134 Å². The van der Waals surface area contributed by atoms with Crippen molar-refractivity contribution in [3.63, 3.8) is 0 Å². The average molecular weight is 803 g/mol. The highest BCUT2D eigenvalue weighted by atomic mass is 16.6. The summed E-state index contributed by atoms with van der Waals surface area (Å²) in [7, 11) is 5.46. The summed E-state index contributed by atoms with van der Waals surface area (Å²) in [6.45, 7) is 4.31. The Kier molecular flexibility index (Phi) is 36.2. The van der Waals surface area contributed by atoms with E-state index in [1.807, 2.05) is 81.9 Å². The van der Waals surface area contributed by atoms with Crippen LogP contribution in [0.1, 0.15) is 110 Å². The lowest BCUT2D eigenvalue weighted by atomic mass is 10.1. The second kappa shape index (κ2) is 39.3. The van der Waals surface area contributed by atoms with E-state index in [0.29, 0.717) is 19.3 Å². The van der Waals surface area contributed by atoms with E-state index in [1.165, 1.54) is 0 Å². The van der Waals surface area contributed by atoms with Crippen LogP contribution in [0.2, 0.25) is 0 Å². The van der Waals surface area contributed by atoms with Gasteiger partial charge in [-0.2, -0.15) is 0 Å². The van der Waals surface area contributed by atoms with Crippen LogP contribution < -0.4 is 0 Å². The second-order valence-corrected chi connectivity index (χ2v) is 14.6. The molecule has 0 aliphatic heterocycles. The quantitative estimate of drug-likeness (QED) is 0.0224. The number of esters is 2. The molecule has 0 aromatic heterocycles. The highest BCUT2D eigenvalue weighted by Gasteiger charge is 2.31. The van der Waals surface area contributed by atoms with Gasteiger partial charge in [0.25, 0.3) is 0 Å². The van der Waals surface area contributed by atoms with Crippen LogP contribution in [0.4, 0.5) is 0 Å². The molecule has 0 radical (unpaired) electrons. The van der Waals surface area contributed by atoms with Gasteiger partial charge >= 0.3 is 17.9 Å². The van der Waals surface area contributed by atoms with E-state index in [4.69, 9.17) is 14.2 Å². The molecule has 0 fully saturated rings. The van der Waals surface area contributed by atoms with Crippen LogP contribution in [-0.4, -0.2) is 80.6 Å². The molecule has 0 aliphatic carbocycles. The van der Waals surface area contributed by atoms with Crippen molar-refractivity contribution in [2.75, 3.05) is 41.0 Å². The Bertz CT molecular complexity index is 1400. The van der Waals surface area contributed by atoms with Gasteiger partial charge in [0.2, 0.25) is 0 Å². The van der Waals surface area contributed by atoms with Gasteiger partial charge in [0, 0.05) is 19.3 Å². The highest BCUT2D eigenvalue weighted by Crippen LogP contribution is 2.11. The molecule has 0 saturated carbocycles. The van der Waals surface area contributed by atoms with E-state index < -0.39 is 18.1 Å². The van der Waals surface area contributed by atoms with Crippen molar-refractivity contribution < 1.29 is 38.2 Å². The van der Waals surface area contributed by atoms with E-state index in [9.17, 15) is 19.5 Å². The molecule has 322 valence electrons. The largest absolute Gasteiger partial charge is 0.477 e. The zero-order valence-corrected chi connectivity index (χ0v) is 36.4. The summed E-state index contributed by atoms with van der Waals surface area (Å²) in [5.74, 6) is -1.66. The van der Waals surface area contributed by atoms with Gasteiger partial charge in [-0.1, -0.05) is 154 Å². The van der Waals surface area contributed by atoms with Gasteiger partial charge < -0.3 is 23.8 Å². The fourth-order valence-electron chi connectivity index (χ4n) is 5.19. The number of carbonyl (C=O) groups excluding carboxylic acids is 2. The van der Waals surface area contributed by atoms with Crippen LogP contribution in [0.25, 0.3) is 0 Å². The maximum absolute atomic E-state index is 12.7. The first-order valence-corrected chi connectivity index (χ1v) is 21.3. The number of quaternary nitrogens is 1. The number of allylic oxidation sites excluding steroid dienone is 22. The number of likely N-dealkylation sites (N-methyl/N-ethyl adjacent to an activating group) is 1. The number of carboxylic acid groups (broad SMARTS) is 1. The monoisotopic (exact) mass is 803 g/mol. The van der Waals surface area contributed by atoms with Gasteiger partial charge in [-0.25, -0.2) is 4.79 Å². The molecule has 8 heteroatoms. The lowest BCUT2D eigenvalue weighted by molar-refractivity contribution is -0.887. The third kappa shape index (κ3) is 37.1. The predicted molar refractivity (Wildman–Crippen MR) is 242 cm³/mol. The van der Waals surface area contributed by atoms with Gasteiger partial charge in [-0.05, 0) is 70.6 Å². The molecule has 2 atom stereocenters. The van der Waals surface area contributed by atoms with Gasteiger partial charge in [-0.3, -0.25) is 9.59 Å². The molecular weight excluding hydrogens is 727 g/mol. The van der Waals surface area contributed by atoms with E-state index in [-0.39, 0.29) is 49.1 Å². The lowest BCUT2D eigenvalue weighted by Crippen LogP contribution is -2.50. The summed E-state index contributed by atoms with van der Waals surface area (Å²) in [6, 6.07) is -0.643. The minimum atomic E-state index is -0.900. The van der Waals surface area contributed by atoms with E-state index in [0.717, 1.165) is 64.2 Å². The summed E-state index contributed by atoms with van der Waals surface area (Å²) in [6.07, 6.45) is 56.6. The summed E-state index contributed by atoms with van der Waals surface area (Å²) < 4.78 is 17.1. The molecule has 0 bridgehead atoms. The fraction of sp³-hybridized carbons (Fsp3) is 0.500. The second-order valence-electron chi connectivity index (χ2n) is 14.6. The molecule has 0 saturated heterocycles. The summed E-state index contributed by atoms with van der Waals surface area (Å²) in [5, 5.41) is 9.61. The van der Waals surface area contributed by atoms with Crippen LogP contribution in [-0.2, 0) is 28.6 Å².